The number of rotatable bonds is 5. The van der Waals surface area contributed by atoms with Crippen molar-refractivity contribution in [1.82, 2.24) is 14.3 Å². The summed E-state index contributed by atoms with van der Waals surface area (Å²) < 4.78 is 30.0. The van der Waals surface area contributed by atoms with Crippen molar-refractivity contribution in [1.29, 1.82) is 0 Å². The third-order valence-corrected chi connectivity index (χ3v) is 3.95. The van der Waals surface area contributed by atoms with Crippen LogP contribution in [-0.4, -0.2) is 25.4 Å². The Morgan fingerprint density at radius 2 is 2.04 bits per heavy atom. The first kappa shape index (κ1) is 16.8. The average Bonchev–Trinajstić information content (AvgIpc) is 2.94. The molecule has 0 atom stereocenters. The second-order valence-electron chi connectivity index (χ2n) is 5.73. The lowest BCUT2D eigenvalue weighted by Crippen LogP contribution is -2.19. The van der Waals surface area contributed by atoms with Crippen molar-refractivity contribution in [3.05, 3.63) is 63.6 Å². The number of halogens is 2. The highest BCUT2D eigenvalue weighted by atomic mass is 19.2. The number of fused-ring (bicyclic) bond motifs is 1. The fourth-order valence-electron chi connectivity index (χ4n) is 2.82. The van der Waals surface area contributed by atoms with Crippen LogP contribution in [0, 0.1) is 11.6 Å². The van der Waals surface area contributed by atoms with E-state index in [1.165, 1.54) is 33.6 Å². The fourth-order valence-corrected chi connectivity index (χ4v) is 2.82. The average molecular weight is 347 g/mol. The predicted octanol–water partition coefficient (Wildman–Crippen LogP) is 1.88. The molecule has 0 aliphatic rings. The van der Waals surface area contributed by atoms with E-state index in [2.05, 4.69) is 5.10 Å². The molecule has 0 saturated heterocycles. The molecule has 0 spiro atoms. The van der Waals surface area contributed by atoms with Crippen LogP contribution in [0.5, 0.6) is 0 Å². The molecule has 0 bridgehead atoms. The van der Waals surface area contributed by atoms with Gasteiger partial charge in [-0.05, 0) is 24.5 Å². The van der Waals surface area contributed by atoms with Crippen molar-refractivity contribution in [2.75, 3.05) is 0 Å². The summed E-state index contributed by atoms with van der Waals surface area (Å²) in [4.78, 5) is 23.4. The molecule has 130 valence electrons. The van der Waals surface area contributed by atoms with Crippen LogP contribution in [0.3, 0.4) is 0 Å². The van der Waals surface area contributed by atoms with Crippen molar-refractivity contribution >= 4 is 17.0 Å². The van der Waals surface area contributed by atoms with E-state index in [-0.39, 0.29) is 36.0 Å². The second kappa shape index (κ2) is 6.46. The van der Waals surface area contributed by atoms with E-state index in [4.69, 9.17) is 5.11 Å². The molecule has 3 aromatic rings. The highest BCUT2D eigenvalue weighted by molar-refractivity contribution is 5.77. The Hall–Kier alpha value is -3.03. The van der Waals surface area contributed by atoms with Gasteiger partial charge in [-0.2, -0.15) is 5.10 Å². The molecule has 0 unspecified atom stereocenters. The normalized spacial score (nSPS) is 11.2. The van der Waals surface area contributed by atoms with Crippen LogP contribution >= 0.6 is 0 Å². The van der Waals surface area contributed by atoms with Gasteiger partial charge in [-0.3, -0.25) is 14.3 Å². The maximum absolute atomic E-state index is 13.8. The van der Waals surface area contributed by atoms with Crippen LogP contribution in [0.4, 0.5) is 8.78 Å². The number of aliphatic carboxylic acids is 1. The molecule has 25 heavy (non-hydrogen) atoms. The van der Waals surface area contributed by atoms with E-state index in [0.29, 0.717) is 11.1 Å². The summed E-state index contributed by atoms with van der Waals surface area (Å²) in [6, 6.07) is 5.21. The van der Waals surface area contributed by atoms with E-state index < -0.39 is 17.6 Å². The van der Waals surface area contributed by atoms with Gasteiger partial charge < -0.3 is 9.67 Å². The summed E-state index contributed by atoms with van der Waals surface area (Å²) in [5.41, 5.74) is 0.532. The van der Waals surface area contributed by atoms with Gasteiger partial charge in [-0.25, -0.2) is 8.78 Å². The molecular formula is C17H15F2N3O3. The largest absolute Gasteiger partial charge is 0.480 e. The minimum Gasteiger partial charge on any atom is -0.480 e. The van der Waals surface area contributed by atoms with Crippen LogP contribution < -0.4 is 5.43 Å². The van der Waals surface area contributed by atoms with Gasteiger partial charge in [-0.15, -0.1) is 0 Å². The number of aryl methyl sites for hydroxylation is 3. The highest BCUT2D eigenvalue weighted by Crippen LogP contribution is 2.16. The molecular weight excluding hydrogens is 332 g/mol. The van der Waals surface area contributed by atoms with E-state index in [9.17, 15) is 18.4 Å². The molecule has 0 saturated carbocycles. The van der Waals surface area contributed by atoms with Gasteiger partial charge in [0.05, 0.1) is 5.39 Å². The van der Waals surface area contributed by atoms with Crippen molar-refractivity contribution in [2.24, 2.45) is 7.05 Å². The quantitative estimate of drug-likeness (QED) is 0.765. The molecule has 2 heterocycles. The van der Waals surface area contributed by atoms with Gasteiger partial charge >= 0.3 is 5.97 Å². The second-order valence-corrected chi connectivity index (χ2v) is 5.73. The van der Waals surface area contributed by atoms with Crippen molar-refractivity contribution in [2.45, 2.75) is 19.4 Å². The van der Waals surface area contributed by atoms with Crippen molar-refractivity contribution < 1.29 is 18.7 Å². The molecule has 3 rings (SSSR count). The van der Waals surface area contributed by atoms with Crippen LogP contribution in [0.2, 0.25) is 0 Å². The van der Waals surface area contributed by atoms with Crippen LogP contribution in [-0.2, 0) is 31.2 Å². The summed E-state index contributed by atoms with van der Waals surface area (Å²) in [6.45, 7) is -0.380. The summed E-state index contributed by atoms with van der Waals surface area (Å²) >= 11 is 0. The lowest BCUT2D eigenvalue weighted by Gasteiger charge is -2.12. The summed E-state index contributed by atoms with van der Waals surface area (Å²) in [5.74, 6) is -2.97. The molecule has 0 aliphatic heterocycles. The number of carbonyl (C=O) groups is 1. The third kappa shape index (κ3) is 3.28. The monoisotopic (exact) mass is 347 g/mol. The number of benzene rings is 1. The van der Waals surface area contributed by atoms with Crippen LogP contribution in [0.15, 0.2) is 35.3 Å². The maximum atomic E-state index is 13.8. The topological polar surface area (TPSA) is 77.1 Å². The summed E-state index contributed by atoms with van der Waals surface area (Å²) in [6.07, 6.45) is 1.82. The van der Waals surface area contributed by atoms with Gasteiger partial charge in [0.2, 0.25) is 0 Å². The summed E-state index contributed by atoms with van der Waals surface area (Å²) in [7, 11) is 1.63. The first-order chi connectivity index (χ1) is 11.9. The van der Waals surface area contributed by atoms with Crippen molar-refractivity contribution in [3.63, 3.8) is 0 Å². The van der Waals surface area contributed by atoms with E-state index in [1.54, 1.807) is 7.05 Å². The fraction of sp³-hybridized carbons (Fsp3) is 0.235. The minimum absolute atomic E-state index is 0.126. The lowest BCUT2D eigenvalue weighted by atomic mass is 10.1. The Labute approximate surface area is 140 Å². The molecule has 6 nitrogen and oxygen atoms in total. The molecule has 0 aliphatic carbocycles. The van der Waals surface area contributed by atoms with Crippen molar-refractivity contribution in [3.8, 4) is 0 Å². The van der Waals surface area contributed by atoms with E-state index in [1.807, 2.05) is 0 Å². The SMILES string of the molecule is Cn1cc2c(=O)cc(CCc3cccc(F)c3F)n(CC(=O)O)c2n1. The Morgan fingerprint density at radius 1 is 1.28 bits per heavy atom. The first-order valence-corrected chi connectivity index (χ1v) is 7.57. The predicted molar refractivity (Wildman–Crippen MR) is 86.4 cm³/mol. The molecule has 0 fully saturated rings. The molecule has 1 aromatic carbocycles. The van der Waals surface area contributed by atoms with Gasteiger partial charge in [-0.1, -0.05) is 12.1 Å². The third-order valence-electron chi connectivity index (χ3n) is 3.95. The van der Waals surface area contributed by atoms with E-state index >= 15 is 0 Å². The Kier molecular flexibility index (Phi) is 4.35. The highest BCUT2D eigenvalue weighted by Gasteiger charge is 2.16. The van der Waals surface area contributed by atoms with Gasteiger partial charge in [0.25, 0.3) is 0 Å². The smallest absolute Gasteiger partial charge is 0.323 e. The Balaban J connectivity index is 2.04. The number of pyridine rings is 1. The Bertz CT molecular complexity index is 1020. The van der Waals surface area contributed by atoms with Gasteiger partial charge in [0.1, 0.15) is 6.54 Å². The van der Waals surface area contributed by atoms with Crippen LogP contribution in [0.25, 0.3) is 11.0 Å². The van der Waals surface area contributed by atoms with Gasteiger partial charge in [0, 0.05) is 25.0 Å². The number of carboxylic acids is 1. The number of hydrogen-bond donors (Lipinski definition) is 1. The zero-order valence-corrected chi connectivity index (χ0v) is 13.4. The molecule has 1 N–H and O–H groups in total. The summed E-state index contributed by atoms with van der Waals surface area (Å²) in [5, 5.41) is 13.6. The van der Waals surface area contributed by atoms with Crippen LogP contribution in [0.1, 0.15) is 11.3 Å². The first-order valence-electron chi connectivity index (χ1n) is 7.57. The van der Waals surface area contributed by atoms with E-state index in [0.717, 1.165) is 6.07 Å². The molecule has 0 radical (unpaired) electrons. The number of hydrogen-bond acceptors (Lipinski definition) is 3. The minimum atomic E-state index is -1.09. The zero-order valence-electron chi connectivity index (χ0n) is 13.4. The lowest BCUT2D eigenvalue weighted by molar-refractivity contribution is -0.137. The molecule has 8 heteroatoms. The standard InChI is InChI=1S/C17H15F2N3O3/c1-21-8-12-14(23)7-11(22(9-15(24)25)17(12)20-21)6-5-10-3-2-4-13(18)16(10)19/h2-4,7-8H,5-6,9H2,1H3,(H,24,25). The molecule has 2 aromatic heterocycles. The number of nitrogens with zero attached hydrogens (tertiary/aromatic N) is 3. The zero-order chi connectivity index (χ0) is 18.1. The number of aromatic nitrogens is 3. The van der Waals surface area contributed by atoms with Gasteiger partial charge in [0.15, 0.2) is 22.7 Å². The number of carboxylic acid groups (broad SMARTS) is 1. The molecule has 0 amide bonds. The maximum Gasteiger partial charge on any atom is 0.323 e. The Morgan fingerprint density at radius 3 is 2.76 bits per heavy atom.